The zero-order valence-corrected chi connectivity index (χ0v) is 17.3. The summed E-state index contributed by atoms with van der Waals surface area (Å²) < 4.78 is 32.5. The summed E-state index contributed by atoms with van der Waals surface area (Å²) in [5, 5.41) is 3.42. The van der Waals surface area contributed by atoms with E-state index in [1.54, 1.807) is 16.7 Å². The van der Waals surface area contributed by atoms with Crippen LogP contribution in [0.25, 0.3) is 0 Å². The molecule has 6 nitrogen and oxygen atoms in total. The van der Waals surface area contributed by atoms with Crippen molar-refractivity contribution in [2.24, 2.45) is 0 Å². The van der Waals surface area contributed by atoms with E-state index in [0.717, 1.165) is 38.0 Å². The fourth-order valence-corrected chi connectivity index (χ4v) is 5.04. The highest BCUT2D eigenvalue weighted by molar-refractivity contribution is 7.89. The van der Waals surface area contributed by atoms with E-state index in [1.807, 2.05) is 12.1 Å². The molecule has 1 atom stereocenters. The van der Waals surface area contributed by atoms with Crippen LogP contribution in [0.3, 0.4) is 0 Å². The zero-order chi connectivity index (χ0) is 16.8. The molecule has 9 heteroatoms. The normalized spacial score (nSPS) is 21.6. The van der Waals surface area contributed by atoms with Crippen LogP contribution in [0.4, 0.5) is 0 Å². The van der Waals surface area contributed by atoms with E-state index in [1.165, 1.54) is 12.8 Å². The van der Waals surface area contributed by atoms with Crippen molar-refractivity contribution < 1.29 is 13.2 Å². The Morgan fingerprint density at radius 2 is 1.85 bits per heavy atom. The van der Waals surface area contributed by atoms with E-state index in [9.17, 15) is 8.42 Å². The molecule has 2 aliphatic heterocycles. The number of hydrogen-bond acceptors (Lipinski definition) is 5. The summed E-state index contributed by atoms with van der Waals surface area (Å²) in [6, 6.07) is 4.18. The van der Waals surface area contributed by atoms with Gasteiger partial charge in [-0.05, 0) is 57.2 Å². The number of piperidine rings is 1. The van der Waals surface area contributed by atoms with Crippen LogP contribution < -0.4 is 10.1 Å². The molecule has 0 bridgehead atoms. The number of aromatic nitrogens is 1. The van der Waals surface area contributed by atoms with Crippen molar-refractivity contribution in [1.82, 2.24) is 14.6 Å². The topological polar surface area (TPSA) is 71.5 Å². The third-order valence-electron chi connectivity index (χ3n) is 4.86. The molecule has 0 aromatic carbocycles. The molecule has 1 aromatic rings. The Balaban J connectivity index is 0.00000169. The lowest BCUT2D eigenvalue weighted by molar-refractivity contribution is 0.135. The van der Waals surface area contributed by atoms with Gasteiger partial charge < -0.3 is 10.1 Å². The molecule has 1 N–H and O–H groups in total. The molecule has 1 unspecified atom stereocenters. The van der Waals surface area contributed by atoms with Gasteiger partial charge in [0.1, 0.15) is 11.9 Å². The summed E-state index contributed by atoms with van der Waals surface area (Å²) in [5.41, 5.74) is 0. The van der Waals surface area contributed by atoms with E-state index in [0.29, 0.717) is 19.1 Å². The van der Waals surface area contributed by atoms with Crippen LogP contribution in [0, 0.1) is 0 Å². The first-order valence-corrected chi connectivity index (χ1v) is 10.5. The summed E-state index contributed by atoms with van der Waals surface area (Å²) in [7, 11) is -3.13. The van der Waals surface area contributed by atoms with Crippen LogP contribution in [0.5, 0.6) is 5.75 Å². The Morgan fingerprint density at radius 3 is 2.46 bits per heavy atom. The molecule has 0 spiro atoms. The molecule has 0 amide bonds. The molecular weight excluding hydrogens is 397 g/mol. The van der Waals surface area contributed by atoms with Gasteiger partial charge in [-0.25, -0.2) is 12.7 Å². The second-order valence-corrected chi connectivity index (χ2v) is 8.74. The first kappa shape index (κ1) is 23.4. The number of nitrogens with one attached hydrogen (secondary N) is 1. The minimum atomic E-state index is -3.13. The van der Waals surface area contributed by atoms with Gasteiger partial charge in [-0.1, -0.05) is 0 Å². The lowest BCUT2D eigenvalue weighted by atomic mass is 10.1. The smallest absolute Gasteiger partial charge is 0.214 e. The monoisotopic (exact) mass is 425 g/mol. The van der Waals surface area contributed by atoms with Gasteiger partial charge in [0.25, 0.3) is 0 Å². The second-order valence-electron chi connectivity index (χ2n) is 6.65. The zero-order valence-electron chi connectivity index (χ0n) is 14.9. The minimum absolute atomic E-state index is 0. The predicted octanol–water partition coefficient (Wildman–Crippen LogP) is 2.63. The standard InChI is InChI=1S/C17H27N3O3S.2ClH/c21-24(22,14-2-4-15-3-1-9-19-15)20-12-7-17(8-13-20)23-16-5-10-18-11-6-16;;/h5-6,10-11,15,17,19H,1-4,7-9,12-14H2;2*1H. The Hall–Kier alpha value is -0.600. The van der Waals surface area contributed by atoms with Crippen LogP contribution in [0.1, 0.15) is 38.5 Å². The molecule has 0 saturated carbocycles. The Bertz CT molecular complexity index is 605. The number of ether oxygens (including phenoxy) is 1. The van der Waals surface area contributed by atoms with Crippen LogP contribution in [0.15, 0.2) is 24.5 Å². The number of pyridine rings is 1. The Labute approximate surface area is 169 Å². The molecule has 1 aromatic heterocycles. The molecule has 3 heterocycles. The quantitative estimate of drug-likeness (QED) is 0.726. The fourth-order valence-electron chi connectivity index (χ4n) is 3.48. The van der Waals surface area contributed by atoms with Crippen molar-refractivity contribution in [3.63, 3.8) is 0 Å². The lowest BCUT2D eigenvalue weighted by Gasteiger charge is -2.31. The number of halogens is 2. The second kappa shape index (κ2) is 11.3. The highest BCUT2D eigenvalue weighted by Crippen LogP contribution is 2.21. The van der Waals surface area contributed by atoms with Crippen molar-refractivity contribution >= 4 is 34.8 Å². The van der Waals surface area contributed by atoms with Crippen molar-refractivity contribution in [3.05, 3.63) is 24.5 Å². The molecule has 3 rings (SSSR count). The summed E-state index contributed by atoms with van der Waals surface area (Å²) >= 11 is 0. The highest BCUT2D eigenvalue weighted by Gasteiger charge is 2.28. The van der Waals surface area contributed by atoms with Gasteiger partial charge in [0, 0.05) is 31.5 Å². The van der Waals surface area contributed by atoms with Crippen molar-refractivity contribution in [1.29, 1.82) is 0 Å². The Morgan fingerprint density at radius 1 is 1.15 bits per heavy atom. The van der Waals surface area contributed by atoms with Crippen molar-refractivity contribution in [3.8, 4) is 5.75 Å². The number of sulfonamides is 1. The summed E-state index contributed by atoms with van der Waals surface area (Å²) in [5.74, 6) is 1.07. The number of nitrogens with zero attached hydrogens (tertiary/aromatic N) is 2. The molecule has 0 radical (unpaired) electrons. The number of rotatable bonds is 7. The van der Waals surface area contributed by atoms with E-state index < -0.39 is 10.0 Å². The maximum absolute atomic E-state index is 12.5. The van der Waals surface area contributed by atoms with Gasteiger partial charge in [-0.15, -0.1) is 24.8 Å². The summed E-state index contributed by atoms with van der Waals surface area (Å²) in [4.78, 5) is 3.97. The van der Waals surface area contributed by atoms with Gasteiger partial charge >= 0.3 is 0 Å². The van der Waals surface area contributed by atoms with Gasteiger partial charge in [-0.2, -0.15) is 0 Å². The lowest BCUT2D eigenvalue weighted by Crippen LogP contribution is -2.42. The SMILES string of the molecule is Cl.Cl.O=S(=O)(CCCC1CCCN1)N1CCC(Oc2ccncc2)CC1. The molecule has 150 valence electrons. The third kappa shape index (κ3) is 6.85. The Kier molecular flexibility index (Phi) is 10.2. The highest BCUT2D eigenvalue weighted by atomic mass is 35.5. The average molecular weight is 426 g/mol. The van der Waals surface area contributed by atoms with Crippen molar-refractivity contribution in [2.75, 3.05) is 25.4 Å². The molecule has 26 heavy (non-hydrogen) atoms. The van der Waals surface area contributed by atoms with Gasteiger partial charge in [0.15, 0.2) is 0 Å². The number of hydrogen-bond donors (Lipinski definition) is 1. The van der Waals surface area contributed by atoms with Crippen LogP contribution in [-0.4, -0.2) is 55.2 Å². The van der Waals surface area contributed by atoms with E-state index in [-0.39, 0.29) is 36.7 Å². The van der Waals surface area contributed by atoms with E-state index in [4.69, 9.17) is 4.74 Å². The van der Waals surface area contributed by atoms with Crippen LogP contribution in [0.2, 0.25) is 0 Å². The average Bonchev–Trinajstić information content (AvgIpc) is 3.10. The van der Waals surface area contributed by atoms with E-state index in [2.05, 4.69) is 10.3 Å². The fraction of sp³-hybridized carbons (Fsp3) is 0.706. The van der Waals surface area contributed by atoms with Crippen LogP contribution in [-0.2, 0) is 10.0 Å². The van der Waals surface area contributed by atoms with Crippen LogP contribution >= 0.6 is 24.8 Å². The maximum atomic E-state index is 12.5. The molecule has 2 saturated heterocycles. The maximum Gasteiger partial charge on any atom is 0.214 e. The predicted molar refractivity (Wildman–Crippen MR) is 108 cm³/mol. The minimum Gasteiger partial charge on any atom is -0.490 e. The first-order valence-electron chi connectivity index (χ1n) is 8.91. The molecule has 2 fully saturated rings. The first-order chi connectivity index (χ1) is 11.6. The summed E-state index contributed by atoms with van der Waals surface area (Å²) in [6.07, 6.45) is 9.07. The van der Waals surface area contributed by atoms with Gasteiger partial charge in [0.2, 0.25) is 10.0 Å². The van der Waals surface area contributed by atoms with Gasteiger partial charge in [-0.3, -0.25) is 4.98 Å². The molecular formula is C17H29Cl2N3O3S. The van der Waals surface area contributed by atoms with Gasteiger partial charge in [0.05, 0.1) is 5.75 Å². The van der Waals surface area contributed by atoms with Crippen molar-refractivity contribution in [2.45, 2.75) is 50.7 Å². The summed E-state index contributed by atoms with van der Waals surface area (Å²) in [6.45, 7) is 2.18. The molecule has 0 aliphatic carbocycles. The molecule has 2 aliphatic rings. The largest absolute Gasteiger partial charge is 0.490 e. The third-order valence-corrected chi connectivity index (χ3v) is 6.82. The van der Waals surface area contributed by atoms with E-state index >= 15 is 0 Å².